The predicted molar refractivity (Wildman–Crippen MR) is 42.6 cm³/mol. The van der Waals surface area contributed by atoms with E-state index in [0.717, 1.165) is 12.1 Å². The van der Waals surface area contributed by atoms with Crippen LogP contribution in [0.2, 0.25) is 0 Å². The van der Waals surface area contributed by atoms with Crippen molar-refractivity contribution in [1.29, 1.82) is 0 Å². The average Bonchev–Trinajstić information content (AvgIpc) is 2.08. The van der Waals surface area contributed by atoms with Crippen LogP contribution >= 0.6 is 11.6 Å². The van der Waals surface area contributed by atoms with Crippen molar-refractivity contribution in [1.82, 2.24) is 0 Å². The molecule has 0 saturated carbocycles. The lowest BCUT2D eigenvalue weighted by atomic mass is 10.2. The molecule has 0 N–H and O–H groups in total. The summed E-state index contributed by atoms with van der Waals surface area (Å²) in [5.41, 5.74) is 0.527. The molecule has 0 radical (unpaired) electrons. The van der Waals surface area contributed by atoms with E-state index in [0.29, 0.717) is 5.56 Å². The zero-order valence-corrected chi connectivity index (χ0v) is 7.19. The van der Waals surface area contributed by atoms with Crippen molar-refractivity contribution in [2.45, 2.75) is 12.5 Å². The Bertz CT molecular complexity index is 291. The average molecular weight is 211 g/mol. The highest BCUT2D eigenvalue weighted by Gasteiger charge is 2.09. The third-order valence-corrected chi connectivity index (χ3v) is 1.67. The Balaban J connectivity index is 2.90. The van der Waals surface area contributed by atoms with Crippen molar-refractivity contribution in [3.05, 3.63) is 29.6 Å². The van der Waals surface area contributed by atoms with E-state index in [9.17, 15) is 13.2 Å². The van der Waals surface area contributed by atoms with E-state index in [-0.39, 0.29) is 5.88 Å². The molecule has 1 rings (SSSR count). The Labute approximate surface area is 78.1 Å². The van der Waals surface area contributed by atoms with E-state index in [2.05, 4.69) is 4.74 Å². The molecule has 1 aromatic rings. The van der Waals surface area contributed by atoms with Crippen LogP contribution in [0.25, 0.3) is 0 Å². The lowest BCUT2D eigenvalue weighted by Gasteiger charge is -2.06. The van der Waals surface area contributed by atoms with Gasteiger partial charge in [-0.25, -0.2) is 4.39 Å². The number of hydrogen-bond donors (Lipinski definition) is 0. The molecular weight excluding hydrogens is 205 g/mol. The maximum atomic E-state index is 12.8. The van der Waals surface area contributed by atoms with Gasteiger partial charge in [-0.15, -0.1) is 11.6 Å². The van der Waals surface area contributed by atoms with Gasteiger partial charge in [0.2, 0.25) is 0 Å². The number of rotatable bonds is 3. The molecule has 0 aliphatic rings. The molecule has 0 unspecified atom stereocenters. The summed E-state index contributed by atoms with van der Waals surface area (Å²) in [5.74, 6) is -1.18. The lowest BCUT2D eigenvalue weighted by molar-refractivity contribution is -0.0522. The fourth-order valence-electron chi connectivity index (χ4n) is 0.817. The van der Waals surface area contributed by atoms with Crippen LogP contribution in [0.3, 0.4) is 0 Å². The fraction of sp³-hybridized carbons (Fsp3) is 0.250. The van der Waals surface area contributed by atoms with Crippen LogP contribution in [0.15, 0.2) is 18.2 Å². The maximum absolute atomic E-state index is 12.8. The first-order valence-electron chi connectivity index (χ1n) is 3.42. The van der Waals surface area contributed by atoms with Crippen molar-refractivity contribution >= 4 is 11.6 Å². The quantitative estimate of drug-likeness (QED) is 0.697. The molecule has 0 saturated heterocycles. The maximum Gasteiger partial charge on any atom is 0.387 e. The van der Waals surface area contributed by atoms with E-state index in [1.165, 1.54) is 6.07 Å². The van der Waals surface area contributed by atoms with Gasteiger partial charge in [0.25, 0.3) is 0 Å². The molecule has 1 nitrogen and oxygen atoms in total. The van der Waals surface area contributed by atoms with Crippen LogP contribution < -0.4 is 4.74 Å². The van der Waals surface area contributed by atoms with Gasteiger partial charge in [-0.3, -0.25) is 0 Å². The standard InChI is InChI=1S/C8H6ClF3O/c9-4-5-1-2-6(10)7(3-5)13-8(11)12/h1-3,8H,4H2. The van der Waals surface area contributed by atoms with Crippen molar-refractivity contribution in [3.63, 3.8) is 0 Å². The molecule has 0 aromatic heterocycles. The van der Waals surface area contributed by atoms with Gasteiger partial charge in [0.05, 0.1) is 0 Å². The van der Waals surface area contributed by atoms with Crippen molar-refractivity contribution in [2.24, 2.45) is 0 Å². The lowest BCUT2D eigenvalue weighted by Crippen LogP contribution is -2.03. The summed E-state index contributed by atoms with van der Waals surface area (Å²) in [6, 6.07) is 3.59. The van der Waals surface area contributed by atoms with Crippen molar-refractivity contribution < 1.29 is 17.9 Å². The Morgan fingerprint density at radius 1 is 1.38 bits per heavy atom. The van der Waals surface area contributed by atoms with E-state index in [1.807, 2.05) is 0 Å². The number of benzene rings is 1. The van der Waals surface area contributed by atoms with Crippen LogP contribution in [0.4, 0.5) is 13.2 Å². The van der Waals surface area contributed by atoms with E-state index < -0.39 is 18.2 Å². The summed E-state index contributed by atoms with van der Waals surface area (Å²) in [6.45, 7) is -3.03. The number of halogens is 4. The molecular formula is C8H6ClF3O. The zero-order chi connectivity index (χ0) is 9.84. The Morgan fingerprint density at radius 2 is 2.08 bits per heavy atom. The van der Waals surface area contributed by atoms with Gasteiger partial charge >= 0.3 is 6.61 Å². The largest absolute Gasteiger partial charge is 0.432 e. The summed E-state index contributed by atoms with van der Waals surface area (Å²) in [6.07, 6.45) is 0. The number of alkyl halides is 3. The van der Waals surface area contributed by atoms with E-state index in [1.54, 1.807) is 0 Å². The highest BCUT2D eigenvalue weighted by molar-refractivity contribution is 6.17. The molecule has 0 heterocycles. The fourth-order valence-corrected chi connectivity index (χ4v) is 0.983. The molecule has 0 aliphatic carbocycles. The van der Waals surface area contributed by atoms with Crippen LogP contribution in [-0.2, 0) is 5.88 Å². The smallest absolute Gasteiger partial charge is 0.387 e. The first-order chi connectivity index (χ1) is 6.13. The number of hydrogen-bond acceptors (Lipinski definition) is 1. The van der Waals surface area contributed by atoms with Gasteiger partial charge in [-0.05, 0) is 17.7 Å². The topological polar surface area (TPSA) is 9.23 Å². The molecule has 0 fully saturated rings. The second-order valence-electron chi connectivity index (χ2n) is 2.28. The summed E-state index contributed by atoms with van der Waals surface area (Å²) in [5, 5.41) is 0. The van der Waals surface area contributed by atoms with Gasteiger partial charge < -0.3 is 4.74 Å². The summed E-state index contributed by atoms with van der Waals surface area (Å²) in [7, 11) is 0. The van der Waals surface area contributed by atoms with E-state index in [4.69, 9.17) is 11.6 Å². The normalized spacial score (nSPS) is 10.5. The molecule has 0 amide bonds. The Kier molecular flexibility index (Phi) is 3.42. The Hall–Kier alpha value is -0.900. The monoisotopic (exact) mass is 210 g/mol. The van der Waals surface area contributed by atoms with Crippen LogP contribution in [0.1, 0.15) is 5.56 Å². The summed E-state index contributed by atoms with van der Waals surface area (Å²) < 4.78 is 40.1. The molecule has 13 heavy (non-hydrogen) atoms. The van der Waals surface area contributed by atoms with Crippen LogP contribution in [-0.4, -0.2) is 6.61 Å². The van der Waals surface area contributed by atoms with Gasteiger partial charge in [0.1, 0.15) is 0 Å². The van der Waals surface area contributed by atoms with Crippen molar-refractivity contribution in [2.75, 3.05) is 0 Å². The van der Waals surface area contributed by atoms with Crippen LogP contribution in [0, 0.1) is 5.82 Å². The highest BCUT2D eigenvalue weighted by Crippen LogP contribution is 2.21. The zero-order valence-electron chi connectivity index (χ0n) is 6.44. The van der Waals surface area contributed by atoms with Crippen LogP contribution in [0.5, 0.6) is 5.75 Å². The SMILES string of the molecule is Fc1ccc(CCl)cc1OC(F)F. The molecule has 0 bridgehead atoms. The molecule has 0 atom stereocenters. The van der Waals surface area contributed by atoms with Gasteiger partial charge in [0.15, 0.2) is 11.6 Å². The summed E-state index contributed by atoms with van der Waals surface area (Å²) in [4.78, 5) is 0. The first kappa shape index (κ1) is 10.2. The highest BCUT2D eigenvalue weighted by atomic mass is 35.5. The second kappa shape index (κ2) is 4.37. The third kappa shape index (κ3) is 2.81. The van der Waals surface area contributed by atoms with Gasteiger partial charge in [-0.2, -0.15) is 8.78 Å². The van der Waals surface area contributed by atoms with Gasteiger partial charge in [0, 0.05) is 5.88 Å². The third-order valence-electron chi connectivity index (χ3n) is 1.37. The first-order valence-corrected chi connectivity index (χ1v) is 3.96. The molecule has 72 valence electrons. The Morgan fingerprint density at radius 3 is 2.62 bits per heavy atom. The second-order valence-corrected chi connectivity index (χ2v) is 2.54. The summed E-state index contributed by atoms with van der Waals surface area (Å²) >= 11 is 5.42. The molecule has 0 spiro atoms. The van der Waals surface area contributed by atoms with Gasteiger partial charge in [-0.1, -0.05) is 6.07 Å². The molecule has 5 heteroatoms. The minimum Gasteiger partial charge on any atom is -0.432 e. The number of ether oxygens (including phenoxy) is 1. The van der Waals surface area contributed by atoms with Crippen molar-refractivity contribution in [3.8, 4) is 5.75 Å². The molecule has 1 aromatic carbocycles. The minimum atomic E-state index is -3.03. The van der Waals surface area contributed by atoms with E-state index >= 15 is 0 Å². The molecule has 0 aliphatic heterocycles. The predicted octanol–water partition coefficient (Wildman–Crippen LogP) is 3.17. The minimum absolute atomic E-state index is 0.125.